The number of hydrogen-bond acceptors (Lipinski definition) is 4. The highest BCUT2D eigenvalue weighted by Crippen LogP contribution is 2.21. The third-order valence-corrected chi connectivity index (χ3v) is 2.57. The molecule has 1 unspecified atom stereocenters. The largest absolute Gasteiger partial charge is 0.461 e. The molecule has 0 spiro atoms. The number of rotatable bonds is 5. The first-order valence-electron chi connectivity index (χ1n) is 5.87. The third kappa shape index (κ3) is 3.14. The third-order valence-electron chi connectivity index (χ3n) is 2.57. The van der Waals surface area contributed by atoms with E-state index < -0.39 is 0 Å². The SMILES string of the molecule is CCNC(C)Cc1ccc(-c2cncnc2)o1. The molecule has 1 N–H and O–H groups in total. The first-order chi connectivity index (χ1) is 8.29. The van der Waals surface area contributed by atoms with Gasteiger partial charge in [-0.05, 0) is 25.6 Å². The van der Waals surface area contributed by atoms with E-state index in [4.69, 9.17) is 4.42 Å². The van der Waals surface area contributed by atoms with Crippen molar-refractivity contribution < 1.29 is 4.42 Å². The summed E-state index contributed by atoms with van der Waals surface area (Å²) in [5.41, 5.74) is 0.912. The Morgan fingerprint density at radius 3 is 2.76 bits per heavy atom. The molecule has 2 rings (SSSR count). The Morgan fingerprint density at radius 2 is 2.06 bits per heavy atom. The predicted octanol–water partition coefficient (Wildman–Crippen LogP) is 2.28. The summed E-state index contributed by atoms with van der Waals surface area (Å²) >= 11 is 0. The van der Waals surface area contributed by atoms with Crippen LogP contribution < -0.4 is 5.32 Å². The number of nitrogens with zero attached hydrogens (tertiary/aromatic N) is 2. The van der Waals surface area contributed by atoms with Crippen LogP contribution in [0.4, 0.5) is 0 Å². The van der Waals surface area contributed by atoms with Crippen LogP contribution >= 0.6 is 0 Å². The highest BCUT2D eigenvalue weighted by molar-refractivity contribution is 5.54. The zero-order valence-electron chi connectivity index (χ0n) is 10.2. The van der Waals surface area contributed by atoms with Gasteiger partial charge >= 0.3 is 0 Å². The van der Waals surface area contributed by atoms with Crippen LogP contribution in [-0.2, 0) is 6.42 Å². The molecule has 0 bridgehead atoms. The average Bonchev–Trinajstić information content (AvgIpc) is 2.79. The highest BCUT2D eigenvalue weighted by atomic mass is 16.3. The summed E-state index contributed by atoms with van der Waals surface area (Å²) in [6.45, 7) is 5.23. The zero-order chi connectivity index (χ0) is 12.1. The molecule has 2 heterocycles. The minimum absolute atomic E-state index is 0.422. The Bertz CT molecular complexity index is 453. The minimum Gasteiger partial charge on any atom is -0.461 e. The molecule has 0 aliphatic carbocycles. The molecule has 0 saturated heterocycles. The number of furan rings is 1. The molecule has 0 aliphatic rings. The molecule has 0 aromatic carbocycles. The number of hydrogen-bond donors (Lipinski definition) is 1. The van der Waals surface area contributed by atoms with Gasteiger partial charge in [0.05, 0.1) is 5.56 Å². The van der Waals surface area contributed by atoms with Crippen LogP contribution in [0.5, 0.6) is 0 Å². The van der Waals surface area contributed by atoms with Crippen LogP contribution in [-0.4, -0.2) is 22.6 Å². The van der Waals surface area contributed by atoms with E-state index >= 15 is 0 Å². The van der Waals surface area contributed by atoms with E-state index in [-0.39, 0.29) is 0 Å². The van der Waals surface area contributed by atoms with E-state index in [9.17, 15) is 0 Å². The van der Waals surface area contributed by atoms with Gasteiger partial charge in [-0.2, -0.15) is 0 Å². The van der Waals surface area contributed by atoms with Crippen molar-refractivity contribution in [3.05, 3.63) is 36.6 Å². The Hall–Kier alpha value is -1.68. The summed E-state index contributed by atoms with van der Waals surface area (Å²) in [6, 6.07) is 4.40. The van der Waals surface area contributed by atoms with Crippen molar-refractivity contribution in [2.75, 3.05) is 6.54 Å². The van der Waals surface area contributed by atoms with E-state index in [0.717, 1.165) is 30.0 Å². The van der Waals surface area contributed by atoms with Gasteiger partial charge < -0.3 is 9.73 Å². The second-order valence-electron chi connectivity index (χ2n) is 4.06. The fraction of sp³-hybridized carbons (Fsp3) is 0.385. The van der Waals surface area contributed by atoms with E-state index in [1.54, 1.807) is 12.4 Å². The quantitative estimate of drug-likeness (QED) is 0.857. The van der Waals surface area contributed by atoms with Gasteiger partial charge in [0.25, 0.3) is 0 Å². The van der Waals surface area contributed by atoms with Crippen LogP contribution in [0, 0.1) is 0 Å². The molecule has 1 atom stereocenters. The fourth-order valence-corrected chi connectivity index (χ4v) is 1.79. The van der Waals surface area contributed by atoms with Gasteiger partial charge in [0.1, 0.15) is 17.8 Å². The molecule has 90 valence electrons. The van der Waals surface area contributed by atoms with E-state index in [1.165, 1.54) is 6.33 Å². The van der Waals surface area contributed by atoms with Gasteiger partial charge in [0.2, 0.25) is 0 Å². The monoisotopic (exact) mass is 231 g/mol. The molecule has 0 fully saturated rings. The lowest BCUT2D eigenvalue weighted by Gasteiger charge is -2.09. The smallest absolute Gasteiger partial charge is 0.137 e. The Labute approximate surface area is 101 Å². The molecule has 0 saturated carbocycles. The lowest BCUT2D eigenvalue weighted by Crippen LogP contribution is -2.27. The van der Waals surface area contributed by atoms with Gasteiger partial charge in [-0.25, -0.2) is 9.97 Å². The van der Waals surface area contributed by atoms with Gasteiger partial charge in [0, 0.05) is 24.9 Å². The Balaban J connectivity index is 2.06. The summed E-state index contributed by atoms with van der Waals surface area (Å²) < 4.78 is 5.77. The van der Waals surface area contributed by atoms with Crippen molar-refractivity contribution in [3.63, 3.8) is 0 Å². The van der Waals surface area contributed by atoms with Crippen LogP contribution in [0.25, 0.3) is 11.3 Å². The molecule has 0 radical (unpaired) electrons. The highest BCUT2D eigenvalue weighted by Gasteiger charge is 2.08. The first kappa shape index (κ1) is 11.8. The van der Waals surface area contributed by atoms with Crippen molar-refractivity contribution in [1.82, 2.24) is 15.3 Å². The van der Waals surface area contributed by atoms with Crippen molar-refractivity contribution in [3.8, 4) is 11.3 Å². The van der Waals surface area contributed by atoms with Crippen molar-refractivity contribution >= 4 is 0 Å². The summed E-state index contributed by atoms with van der Waals surface area (Å²) in [5.74, 6) is 1.81. The van der Waals surface area contributed by atoms with E-state index in [2.05, 4.69) is 29.1 Å². The maximum atomic E-state index is 5.77. The molecule has 2 aromatic heterocycles. The summed E-state index contributed by atoms with van der Waals surface area (Å²) in [6.07, 6.45) is 5.91. The second kappa shape index (κ2) is 5.59. The summed E-state index contributed by atoms with van der Waals surface area (Å²) in [5, 5.41) is 3.36. The molecule has 0 aliphatic heterocycles. The summed E-state index contributed by atoms with van der Waals surface area (Å²) in [4.78, 5) is 7.95. The van der Waals surface area contributed by atoms with Crippen LogP contribution in [0.3, 0.4) is 0 Å². The molecule has 0 amide bonds. The van der Waals surface area contributed by atoms with Crippen LogP contribution in [0.15, 0.2) is 35.3 Å². The van der Waals surface area contributed by atoms with Crippen molar-refractivity contribution in [1.29, 1.82) is 0 Å². The molecule has 17 heavy (non-hydrogen) atoms. The van der Waals surface area contributed by atoms with Gasteiger partial charge in [-0.3, -0.25) is 0 Å². The normalized spacial score (nSPS) is 12.6. The zero-order valence-corrected chi connectivity index (χ0v) is 10.2. The van der Waals surface area contributed by atoms with Crippen molar-refractivity contribution in [2.24, 2.45) is 0 Å². The minimum atomic E-state index is 0.422. The Morgan fingerprint density at radius 1 is 1.29 bits per heavy atom. The first-order valence-corrected chi connectivity index (χ1v) is 5.87. The van der Waals surface area contributed by atoms with E-state index in [1.807, 2.05) is 12.1 Å². The molecule has 4 nitrogen and oxygen atoms in total. The molecule has 2 aromatic rings. The topological polar surface area (TPSA) is 51.0 Å². The predicted molar refractivity (Wildman–Crippen MR) is 66.6 cm³/mol. The maximum Gasteiger partial charge on any atom is 0.137 e. The van der Waals surface area contributed by atoms with Crippen LogP contribution in [0.1, 0.15) is 19.6 Å². The maximum absolute atomic E-state index is 5.77. The fourth-order valence-electron chi connectivity index (χ4n) is 1.79. The van der Waals surface area contributed by atoms with Gasteiger partial charge in [-0.15, -0.1) is 0 Å². The Kier molecular flexibility index (Phi) is 3.88. The standard InChI is InChI=1S/C13H17N3O/c1-3-16-10(2)6-12-4-5-13(17-12)11-7-14-9-15-8-11/h4-5,7-10,16H,3,6H2,1-2H3. The van der Waals surface area contributed by atoms with Crippen LogP contribution in [0.2, 0.25) is 0 Å². The lowest BCUT2D eigenvalue weighted by atomic mass is 10.2. The molecule has 4 heteroatoms. The lowest BCUT2D eigenvalue weighted by molar-refractivity contribution is 0.470. The number of aromatic nitrogens is 2. The van der Waals surface area contributed by atoms with Gasteiger partial charge in [-0.1, -0.05) is 6.92 Å². The molecular weight excluding hydrogens is 214 g/mol. The van der Waals surface area contributed by atoms with Gasteiger partial charge in [0.15, 0.2) is 0 Å². The van der Waals surface area contributed by atoms with E-state index in [0.29, 0.717) is 6.04 Å². The average molecular weight is 231 g/mol. The molecular formula is C13H17N3O. The second-order valence-corrected chi connectivity index (χ2v) is 4.06. The summed E-state index contributed by atoms with van der Waals surface area (Å²) in [7, 11) is 0. The van der Waals surface area contributed by atoms with Crippen molar-refractivity contribution in [2.45, 2.75) is 26.3 Å². The number of likely N-dealkylation sites (N-methyl/N-ethyl adjacent to an activating group) is 1. The number of nitrogens with one attached hydrogen (secondary N) is 1.